The van der Waals surface area contributed by atoms with E-state index in [2.05, 4.69) is 16.9 Å². The Morgan fingerprint density at radius 2 is 2.33 bits per heavy atom. The third-order valence-corrected chi connectivity index (χ3v) is 3.60. The van der Waals surface area contributed by atoms with Gasteiger partial charge >= 0.3 is 0 Å². The van der Waals surface area contributed by atoms with Crippen LogP contribution in [-0.2, 0) is 4.74 Å². The first-order valence-electron chi connectivity index (χ1n) is 7.22. The van der Waals surface area contributed by atoms with E-state index in [4.69, 9.17) is 15.2 Å². The van der Waals surface area contributed by atoms with Crippen LogP contribution in [0, 0.1) is 0 Å². The highest BCUT2D eigenvalue weighted by Gasteiger charge is 2.21. The van der Waals surface area contributed by atoms with E-state index in [1.807, 2.05) is 30.3 Å². The predicted octanol–water partition coefficient (Wildman–Crippen LogP) is 2.50. The third-order valence-electron chi connectivity index (χ3n) is 3.60. The number of amidine groups is 1. The molecule has 0 aliphatic carbocycles. The highest BCUT2D eigenvalue weighted by molar-refractivity contribution is 5.79. The lowest BCUT2D eigenvalue weighted by atomic mass is 10.1. The van der Waals surface area contributed by atoms with Crippen LogP contribution in [0.2, 0.25) is 0 Å². The Kier molecular flexibility index (Phi) is 3.90. The van der Waals surface area contributed by atoms with E-state index in [1.54, 1.807) is 6.20 Å². The molecule has 0 bridgehead atoms. The van der Waals surface area contributed by atoms with Crippen molar-refractivity contribution >= 4 is 16.9 Å². The Morgan fingerprint density at radius 3 is 3.10 bits per heavy atom. The first-order chi connectivity index (χ1) is 10.2. The van der Waals surface area contributed by atoms with Crippen LogP contribution >= 0.6 is 0 Å². The maximum atomic E-state index is 6.08. The second kappa shape index (κ2) is 5.99. The van der Waals surface area contributed by atoms with Crippen molar-refractivity contribution in [3.8, 4) is 5.75 Å². The first kappa shape index (κ1) is 13.7. The van der Waals surface area contributed by atoms with Crippen LogP contribution in [0.5, 0.6) is 5.75 Å². The van der Waals surface area contributed by atoms with Crippen molar-refractivity contribution in [1.29, 1.82) is 0 Å². The minimum absolute atomic E-state index is 0.0945. The van der Waals surface area contributed by atoms with Gasteiger partial charge < -0.3 is 15.2 Å². The number of hydrogen-bond acceptors (Lipinski definition) is 5. The quantitative estimate of drug-likeness (QED) is 0.916. The minimum Gasteiger partial charge on any atom is -0.490 e. The van der Waals surface area contributed by atoms with E-state index in [0.717, 1.165) is 29.5 Å². The van der Waals surface area contributed by atoms with Crippen LogP contribution in [-0.4, -0.2) is 29.8 Å². The maximum absolute atomic E-state index is 6.08. The van der Waals surface area contributed by atoms with E-state index in [0.29, 0.717) is 6.61 Å². The fraction of sp³-hybridized carbons (Fsp3) is 0.375. The molecule has 2 heterocycles. The first-order valence-corrected chi connectivity index (χ1v) is 7.22. The lowest BCUT2D eigenvalue weighted by Crippen LogP contribution is -2.22. The number of ether oxygens (including phenoxy) is 2. The topological polar surface area (TPSA) is 69.7 Å². The Bertz CT molecular complexity index is 657. The van der Waals surface area contributed by atoms with Gasteiger partial charge in [0.25, 0.3) is 6.02 Å². The van der Waals surface area contributed by atoms with Crippen LogP contribution in [0.4, 0.5) is 0 Å². The normalized spacial score (nSPS) is 19.1. The molecule has 3 rings (SSSR count). The van der Waals surface area contributed by atoms with Gasteiger partial charge in [0, 0.05) is 18.0 Å². The van der Waals surface area contributed by atoms with Crippen molar-refractivity contribution < 1.29 is 9.47 Å². The fourth-order valence-corrected chi connectivity index (χ4v) is 2.48. The van der Waals surface area contributed by atoms with E-state index >= 15 is 0 Å². The highest BCUT2D eigenvalue weighted by Crippen LogP contribution is 2.22. The number of rotatable bonds is 5. The lowest BCUT2D eigenvalue weighted by molar-refractivity contribution is 0.168. The molecule has 2 N–H and O–H groups in total. The summed E-state index contributed by atoms with van der Waals surface area (Å²) in [4.78, 5) is 8.56. The minimum atomic E-state index is 0.0945. The number of fused-ring (bicyclic) bond motifs is 1. The van der Waals surface area contributed by atoms with E-state index in [-0.39, 0.29) is 18.2 Å². The van der Waals surface area contributed by atoms with Gasteiger partial charge in [0.1, 0.15) is 18.5 Å². The number of nitrogens with zero attached hydrogens (tertiary/aromatic N) is 2. The number of aliphatic imine (C=N–C) groups is 1. The van der Waals surface area contributed by atoms with Crippen molar-refractivity contribution in [1.82, 2.24) is 4.98 Å². The largest absolute Gasteiger partial charge is 0.490 e. The number of aromatic nitrogens is 1. The molecule has 0 saturated heterocycles. The second-order valence-electron chi connectivity index (χ2n) is 5.17. The van der Waals surface area contributed by atoms with Gasteiger partial charge in [0.15, 0.2) is 0 Å². The van der Waals surface area contributed by atoms with Gasteiger partial charge in [-0.1, -0.05) is 13.0 Å². The molecule has 0 spiro atoms. The van der Waals surface area contributed by atoms with Crippen LogP contribution < -0.4 is 10.5 Å². The van der Waals surface area contributed by atoms with Crippen LogP contribution in [0.15, 0.2) is 41.5 Å². The van der Waals surface area contributed by atoms with Crippen molar-refractivity contribution in [2.75, 3.05) is 6.61 Å². The molecule has 0 saturated carbocycles. The summed E-state index contributed by atoms with van der Waals surface area (Å²) in [7, 11) is 0. The molecule has 5 heteroatoms. The smallest absolute Gasteiger partial charge is 0.282 e. The van der Waals surface area contributed by atoms with Crippen LogP contribution in [0.3, 0.4) is 0 Å². The van der Waals surface area contributed by atoms with Gasteiger partial charge in [-0.2, -0.15) is 0 Å². The summed E-state index contributed by atoms with van der Waals surface area (Å²) in [5.74, 6) is 0.859. The van der Waals surface area contributed by atoms with Gasteiger partial charge in [0.2, 0.25) is 0 Å². The number of pyridine rings is 1. The van der Waals surface area contributed by atoms with Crippen molar-refractivity contribution in [2.45, 2.75) is 31.9 Å². The molecule has 110 valence electrons. The third kappa shape index (κ3) is 3.24. The van der Waals surface area contributed by atoms with Crippen LogP contribution in [0.1, 0.15) is 19.8 Å². The molecule has 21 heavy (non-hydrogen) atoms. The summed E-state index contributed by atoms with van der Waals surface area (Å²) >= 11 is 0. The molecule has 1 aliphatic heterocycles. The Balaban J connectivity index is 1.70. The maximum Gasteiger partial charge on any atom is 0.282 e. The lowest BCUT2D eigenvalue weighted by Gasteiger charge is -2.19. The standard InChI is InChI=1S/C16H19N3O2/c1-2-13(9-12-10-20-16(17)19-12)21-14-5-6-15-11(8-14)4-3-7-18-15/h3-8,12-13H,2,9-10H2,1H3,(H2,17,19)/t12-,13?/m0/s1. The molecule has 0 radical (unpaired) electrons. The van der Waals surface area contributed by atoms with Crippen molar-refractivity contribution in [3.05, 3.63) is 36.5 Å². The van der Waals surface area contributed by atoms with Gasteiger partial charge in [-0.15, -0.1) is 0 Å². The highest BCUT2D eigenvalue weighted by atomic mass is 16.5. The van der Waals surface area contributed by atoms with E-state index < -0.39 is 0 Å². The van der Waals surface area contributed by atoms with Gasteiger partial charge in [-0.05, 0) is 30.7 Å². The molecule has 1 aliphatic rings. The van der Waals surface area contributed by atoms with E-state index in [9.17, 15) is 0 Å². The zero-order valence-corrected chi connectivity index (χ0v) is 12.0. The van der Waals surface area contributed by atoms with Crippen molar-refractivity contribution in [3.63, 3.8) is 0 Å². The summed E-state index contributed by atoms with van der Waals surface area (Å²) < 4.78 is 11.3. The average molecular weight is 285 g/mol. The second-order valence-corrected chi connectivity index (χ2v) is 5.17. The molecule has 5 nitrogen and oxygen atoms in total. The van der Waals surface area contributed by atoms with E-state index in [1.165, 1.54) is 0 Å². The summed E-state index contributed by atoms with van der Waals surface area (Å²) in [5.41, 5.74) is 6.51. The van der Waals surface area contributed by atoms with Gasteiger partial charge in [-0.3, -0.25) is 4.98 Å². The number of benzene rings is 1. The summed E-state index contributed by atoms with van der Waals surface area (Å²) in [6, 6.07) is 10.3. The Morgan fingerprint density at radius 1 is 1.43 bits per heavy atom. The van der Waals surface area contributed by atoms with Gasteiger partial charge in [-0.25, -0.2) is 4.99 Å². The summed E-state index contributed by atoms with van der Waals surface area (Å²) in [5, 5.41) is 1.08. The number of nitrogens with two attached hydrogens (primary N) is 1. The molecular formula is C16H19N3O2. The molecule has 1 aromatic carbocycles. The van der Waals surface area contributed by atoms with Gasteiger partial charge in [0.05, 0.1) is 11.6 Å². The predicted molar refractivity (Wildman–Crippen MR) is 82.4 cm³/mol. The zero-order valence-electron chi connectivity index (χ0n) is 12.0. The molecular weight excluding hydrogens is 266 g/mol. The molecule has 0 amide bonds. The SMILES string of the molecule is CCC(C[C@H]1COC(N)=N1)Oc1ccc2ncccc2c1. The molecule has 1 unspecified atom stereocenters. The molecule has 1 aromatic heterocycles. The molecule has 2 aromatic rings. The summed E-state index contributed by atoms with van der Waals surface area (Å²) in [6.45, 7) is 2.66. The Hall–Kier alpha value is -2.30. The monoisotopic (exact) mass is 285 g/mol. The van der Waals surface area contributed by atoms with Crippen molar-refractivity contribution in [2.24, 2.45) is 10.7 Å². The average Bonchev–Trinajstić information content (AvgIpc) is 2.91. The molecule has 0 fully saturated rings. The summed E-state index contributed by atoms with van der Waals surface area (Å²) in [6.07, 6.45) is 3.61. The fourth-order valence-electron chi connectivity index (χ4n) is 2.48. The zero-order chi connectivity index (χ0) is 14.7. The van der Waals surface area contributed by atoms with Crippen LogP contribution in [0.25, 0.3) is 10.9 Å². The molecule has 2 atom stereocenters. The number of hydrogen-bond donors (Lipinski definition) is 1. The Labute approximate surface area is 123 Å².